The van der Waals surface area contributed by atoms with Crippen LogP contribution in [0, 0.1) is 0 Å². The molecule has 0 aromatic rings. The topological polar surface area (TPSA) is 71.1 Å². The molecule has 0 saturated carbocycles. The molecule has 0 radical (unpaired) electrons. The van der Waals surface area contributed by atoms with E-state index in [-0.39, 0.29) is 5.97 Å². The van der Waals surface area contributed by atoms with Gasteiger partial charge in [-0.05, 0) is 26.7 Å². The Bertz CT molecular complexity index is 484. The van der Waals surface area contributed by atoms with Crippen molar-refractivity contribution in [1.82, 2.24) is 0 Å². The summed E-state index contributed by atoms with van der Waals surface area (Å²) in [5.74, 6) is -1.80. The largest absolute Gasteiger partial charge is 0.460 e. The molecule has 6 heteroatoms. The quantitative estimate of drug-likeness (QED) is 0.340. The number of esters is 2. The molecule has 0 bridgehead atoms. The number of ether oxygens (including phenoxy) is 4. The summed E-state index contributed by atoms with van der Waals surface area (Å²) in [7, 11) is 0. The van der Waals surface area contributed by atoms with Crippen molar-refractivity contribution >= 4 is 11.9 Å². The molecule has 0 spiro atoms. The molecule has 0 aromatic heterocycles. The first kappa shape index (κ1) is 21.4. The summed E-state index contributed by atoms with van der Waals surface area (Å²) in [6.07, 6.45) is 3.45. The molecule has 1 saturated heterocycles. The lowest BCUT2D eigenvalue weighted by Gasteiger charge is -2.30. The lowest BCUT2D eigenvalue weighted by Crippen LogP contribution is -2.45. The van der Waals surface area contributed by atoms with Crippen LogP contribution in [0.1, 0.15) is 53.4 Å². The molecule has 1 heterocycles. The van der Waals surface area contributed by atoms with Crippen molar-refractivity contribution in [3.8, 4) is 0 Å². The maximum absolute atomic E-state index is 11.7. The van der Waals surface area contributed by atoms with Crippen molar-refractivity contribution in [3.05, 3.63) is 25.3 Å². The van der Waals surface area contributed by atoms with Gasteiger partial charge in [0.1, 0.15) is 24.4 Å². The Labute approximate surface area is 150 Å². The van der Waals surface area contributed by atoms with Crippen molar-refractivity contribution in [2.75, 3.05) is 0 Å². The average Bonchev–Trinajstić information content (AvgIpc) is 2.86. The Morgan fingerprint density at radius 2 is 1.76 bits per heavy atom. The van der Waals surface area contributed by atoms with Crippen LogP contribution in [0.4, 0.5) is 0 Å². The number of carbonyl (C=O) groups excluding carboxylic acids is 2. The molecule has 0 unspecified atom stereocenters. The molecule has 1 rings (SSSR count). The molecule has 6 nitrogen and oxygen atoms in total. The van der Waals surface area contributed by atoms with Gasteiger partial charge >= 0.3 is 11.9 Å². The predicted octanol–water partition coefficient (Wildman–Crippen LogP) is 3.30. The molecular formula is C19H30O6. The summed E-state index contributed by atoms with van der Waals surface area (Å²) in [6, 6.07) is 0. The second-order valence-electron chi connectivity index (χ2n) is 6.56. The zero-order valence-electron chi connectivity index (χ0n) is 15.7. The molecule has 1 aliphatic heterocycles. The molecule has 0 aromatic carbocycles. The van der Waals surface area contributed by atoms with E-state index in [1.165, 1.54) is 6.92 Å². The Kier molecular flexibility index (Phi) is 8.32. The minimum atomic E-state index is -0.875. The minimum absolute atomic E-state index is 0.378. The average molecular weight is 354 g/mol. The third-order valence-corrected chi connectivity index (χ3v) is 3.89. The molecule has 1 aliphatic rings. The van der Waals surface area contributed by atoms with Crippen LogP contribution in [-0.2, 0) is 28.5 Å². The van der Waals surface area contributed by atoms with Gasteiger partial charge in [-0.25, -0.2) is 4.79 Å². The molecular weight excluding hydrogens is 324 g/mol. The van der Waals surface area contributed by atoms with Crippen LogP contribution in [-0.4, -0.2) is 42.1 Å². The first-order chi connectivity index (χ1) is 11.7. The van der Waals surface area contributed by atoms with Crippen molar-refractivity contribution < 1.29 is 28.5 Å². The highest BCUT2D eigenvalue weighted by molar-refractivity contribution is 5.81. The molecule has 0 N–H and O–H groups in total. The Balaban J connectivity index is 3.07. The fraction of sp³-hybridized carbons (Fsp3) is 0.684. The molecule has 1 fully saturated rings. The lowest BCUT2D eigenvalue weighted by molar-refractivity contribution is -0.173. The smallest absolute Gasteiger partial charge is 0.330 e. The van der Waals surface area contributed by atoms with Gasteiger partial charge in [-0.3, -0.25) is 4.79 Å². The van der Waals surface area contributed by atoms with Crippen molar-refractivity contribution in [1.29, 1.82) is 0 Å². The zero-order chi connectivity index (χ0) is 19.0. The van der Waals surface area contributed by atoms with Crippen molar-refractivity contribution in [2.45, 2.75) is 83.6 Å². The van der Waals surface area contributed by atoms with Crippen LogP contribution in [0.25, 0.3) is 0 Å². The fourth-order valence-corrected chi connectivity index (χ4v) is 2.91. The monoisotopic (exact) mass is 354 g/mol. The van der Waals surface area contributed by atoms with E-state index in [2.05, 4.69) is 20.1 Å². The summed E-state index contributed by atoms with van der Waals surface area (Å²) < 4.78 is 22.9. The summed E-state index contributed by atoms with van der Waals surface area (Å²) in [5.41, 5.74) is 0. The van der Waals surface area contributed by atoms with Gasteiger partial charge in [0.25, 0.3) is 0 Å². The van der Waals surface area contributed by atoms with E-state index in [4.69, 9.17) is 18.9 Å². The zero-order valence-corrected chi connectivity index (χ0v) is 15.7. The summed E-state index contributed by atoms with van der Waals surface area (Å²) in [6.45, 7) is 14.1. The van der Waals surface area contributed by atoms with Crippen LogP contribution in [0.5, 0.6) is 0 Å². The first-order valence-corrected chi connectivity index (χ1v) is 8.70. The van der Waals surface area contributed by atoms with E-state index >= 15 is 0 Å². The van der Waals surface area contributed by atoms with E-state index in [9.17, 15) is 9.59 Å². The highest BCUT2D eigenvalue weighted by Crippen LogP contribution is 2.36. The van der Waals surface area contributed by atoms with E-state index in [0.717, 1.165) is 18.9 Å². The van der Waals surface area contributed by atoms with Gasteiger partial charge < -0.3 is 18.9 Å². The highest BCUT2D eigenvalue weighted by Gasteiger charge is 2.50. The van der Waals surface area contributed by atoms with Gasteiger partial charge in [0.2, 0.25) is 0 Å². The predicted molar refractivity (Wildman–Crippen MR) is 93.8 cm³/mol. The van der Waals surface area contributed by atoms with Crippen molar-refractivity contribution in [2.24, 2.45) is 0 Å². The highest BCUT2D eigenvalue weighted by atomic mass is 16.8. The molecule has 25 heavy (non-hydrogen) atoms. The van der Waals surface area contributed by atoms with Gasteiger partial charge in [-0.15, -0.1) is 6.58 Å². The van der Waals surface area contributed by atoms with Gasteiger partial charge in [-0.2, -0.15) is 0 Å². The van der Waals surface area contributed by atoms with E-state index in [1.54, 1.807) is 19.9 Å². The van der Waals surface area contributed by atoms with Crippen molar-refractivity contribution in [3.63, 3.8) is 0 Å². The Hall–Kier alpha value is -1.66. The Morgan fingerprint density at radius 1 is 1.16 bits per heavy atom. The third-order valence-electron chi connectivity index (χ3n) is 3.89. The second-order valence-corrected chi connectivity index (χ2v) is 6.56. The maximum atomic E-state index is 11.7. The van der Waals surface area contributed by atoms with Crippen LogP contribution < -0.4 is 0 Å². The normalized spacial score (nSPS) is 24.2. The molecule has 142 valence electrons. The third kappa shape index (κ3) is 6.63. The molecule has 0 aliphatic carbocycles. The summed E-state index contributed by atoms with van der Waals surface area (Å²) >= 11 is 0. The van der Waals surface area contributed by atoms with Crippen LogP contribution in [0.15, 0.2) is 25.3 Å². The van der Waals surface area contributed by atoms with E-state index in [1.807, 2.05) is 0 Å². The van der Waals surface area contributed by atoms with Crippen LogP contribution >= 0.6 is 0 Å². The van der Waals surface area contributed by atoms with E-state index < -0.39 is 36.2 Å². The summed E-state index contributed by atoms with van der Waals surface area (Å²) in [4.78, 5) is 23.2. The van der Waals surface area contributed by atoms with Gasteiger partial charge in [-0.1, -0.05) is 26.0 Å². The number of hydrogen-bond acceptors (Lipinski definition) is 6. The minimum Gasteiger partial charge on any atom is -0.460 e. The van der Waals surface area contributed by atoms with Crippen LogP contribution in [0.2, 0.25) is 0 Å². The number of carbonyl (C=O) groups is 2. The van der Waals surface area contributed by atoms with Gasteiger partial charge in [0, 0.05) is 19.4 Å². The first-order valence-electron chi connectivity index (χ1n) is 8.70. The Morgan fingerprint density at radius 3 is 2.24 bits per heavy atom. The summed E-state index contributed by atoms with van der Waals surface area (Å²) in [5, 5.41) is 0. The second kappa shape index (κ2) is 9.73. The number of unbranched alkanes of at least 4 members (excludes halogenated alkanes) is 1. The number of rotatable bonds is 10. The molecule has 0 amide bonds. The van der Waals surface area contributed by atoms with Crippen LogP contribution in [0.3, 0.4) is 0 Å². The van der Waals surface area contributed by atoms with Gasteiger partial charge in [0.15, 0.2) is 5.79 Å². The fourth-order valence-electron chi connectivity index (χ4n) is 2.91. The molecule has 4 atom stereocenters. The SMILES string of the molecule is C=CC[C@H](OC(=O)C=C)[C@@H]1OC(C)(C)O[C@H]1[C@H](CCCC)OC(C)=O. The maximum Gasteiger partial charge on any atom is 0.330 e. The standard InChI is InChI=1S/C19H30O6/c1-7-10-12-15(22-13(4)20)18-17(24-19(5,6)25-18)14(11-8-2)23-16(21)9-3/h8-9,14-15,17-18H,2-3,7,10-12H2,1,4-6H3/t14-,15-,17-,18-/m0/s1. The number of hydrogen-bond donors (Lipinski definition) is 0. The van der Waals surface area contributed by atoms with Gasteiger partial charge in [0.05, 0.1) is 0 Å². The van der Waals surface area contributed by atoms with E-state index in [0.29, 0.717) is 12.8 Å². The lowest BCUT2D eigenvalue weighted by atomic mass is 9.97.